The highest BCUT2D eigenvalue weighted by molar-refractivity contribution is 7.89. The Balaban J connectivity index is 1.83. The van der Waals surface area contributed by atoms with Crippen molar-refractivity contribution in [1.29, 1.82) is 0 Å². The molecular formula is C15H15NO4S. The number of carboxylic acid groups (broad SMARTS) is 1. The van der Waals surface area contributed by atoms with Gasteiger partial charge in [0.05, 0.1) is 11.3 Å². The molecule has 1 aliphatic rings. The van der Waals surface area contributed by atoms with Crippen LogP contribution in [0.2, 0.25) is 0 Å². The molecule has 0 amide bonds. The smallest absolute Gasteiger partial charge is 0.303 e. The first-order valence-electron chi connectivity index (χ1n) is 6.67. The van der Waals surface area contributed by atoms with Gasteiger partial charge in [0.15, 0.2) is 0 Å². The number of hydrogen-bond acceptors (Lipinski definition) is 3. The number of nitrogens with zero attached hydrogens (tertiary/aromatic N) is 1. The zero-order valence-corrected chi connectivity index (χ0v) is 12.1. The van der Waals surface area contributed by atoms with Crippen molar-refractivity contribution in [3.8, 4) is 0 Å². The van der Waals surface area contributed by atoms with E-state index in [2.05, 4.69) is 0 Å². The van der Waals surface area contributed by atoms with Crippen molar-refractivity contribution in [3.63, 3.8) is 0 Å². The van der Waals surface area contributed by atoms with Crippen molar-refractivity contribution < 1.29 is 18.3 Å². The highest BCUT2D eigenvalue weighted by Gasteiger charge is 2.37. The van der Waals surface area contributed by atoms with Gasteiger partial charge in [0.1, 0.15) is 0 Å². The summed E-state index contributed by atoms with van der Waals surface area (Å²) in [5.74, 6) is -0.972. The van der Waals surface area contributed by atoms with Gasteiger partial charge in [0, 0.05) is 13.1 Å². The van der Waals surface area contributed by atoms with E-state index < -0.39 is 16.0 Å². The van der Waals surface area contributed by atoms with Crippen LogP contribution >= 0.6 is 0 Å². The molecule has 21 heavy (non-hydrogen) atoms. The maximum atomic E-state index is 12.5. The monoisotopic (exact) mass is 305 g/mol. The summed E-state index contributed by atoms with van der Waals surface area (Å²) in [4.78, 5) is 10.9. The highest BCUT2D eigenvalue weighted by atomic mass is 32.2. The number of carbonyl (C=O) groups is 1. The Hall–Kier alpha value is -1.92. The molecule has 0 saturated carbocycles. The van der Waals surface area contributed by atoms with Gasteiger partial charge in [-0.25, -0.2) is 8.42 Å². The van der Waals surface area contributed by atoms with Crippen LogP contribution in [-0.2, 0) is 14.8 Å². The molecule has 1 heterocycles. The van der Waals surface area contributed by atoms with E-state index in [0.29, 0.717) is 0 Å². The Labute approximate surface area is 122 Å². The van der Waals surface area contributed by atoms with E-state index in [1.807, 2.05) is 24.3 Å². The minimum Gasteiger partial charge on any atom is -0.481 e. The summed E-state index contributed by atoms with van der Waals surface area (Å²) in [5.41, 5.74) is 0. The summed E-state index contributed by atoms with van der Waals surface area (Å²) in [7, 11) is -3.52. The molecule has 6 heteroatoms. The van der Waals surface area contributed by atoms with E-state index in [-0.39, 0.29) is 30.3 Å². The topological polar surface area (TPSA) is 74.7 Å². The third-order valence-corrected chi connectivity index (χ3v) is 5.57. The Morgan fingerprint density at radius 1 is 1.14 bits per heavy atom. The molecule has 0 radical (unpaired) electrons. The Morgan fingerprint density at radius 2 is 1.81 bits per heavy atom. The lowest BCUT2D eigenvalue weighted by Gasteiger charge is -2.37. The van der Waals surface area contributed by atoms with E-state index in [4.69, 9.17) is 5.11 Å². The van der Waals surface area contributed by atoms with Crippen LogP contribution < -0.4 is 0 Å². The molecule has 1 N–H and O–H groups in total. The zero-order chi connectivity index (χ0) is 15.0. The molecule has 0 aromatic heterocycles. The molecule has 0 atom stereocenters. The standard InChI is InChI=1S/C15H15NO4S/c17-15(18)7-11-9-16(10-11)21(19,20)14-6-5-12-3-1-2-4-13(12)8-14/h1-6,8,11H,7,9-10H2,(H,17,18). The Bertz CT molecular complexity index is 794. The molecule has 110 valence electrons. The lowest BCUT2D eigenvalue weighted by Crippen LogP contribution is -2.50. The normalized spacial score (nSPS) is 16.8. The predicted molar refractivity (Wildman–Crippen MR) is 78.4 cm³/mol. The van der Waals surface area contributed by atoms with Gasteiger partial charge in [-0.05, 0) is 28.8 Å². The van der Waals surface area contributed by atoms with Gasteiger partial charge in [0.2, 0.25) is 10.0 Å². The van der Waals surface area contributed by atoms with Crippen molar-refractivity contribution in [3.05, 3.63) is 42.5 Å². The zero-order valence-electron chi connectivity index (χ0n) is 11.3. The molecule has 0 bridgehead atoms. The fourth-order valence-electron chi connectivity index (χ4n) is 2.57. The van der Waals surface area contributed by atoms with E-state index in [1.54, 1.807) is 18.2 Å². The van der Waals surface area contributed by atoms with E-state index in [0.717, 1.165) is 10.8 Å². The average molecular weight is 305 g/mol. The van der Waals surface area contributed by atoms with Gasteiger partial charge in [-0.15, -0.1) is 0 Å². The SMILES string of the molecule is O=C(O)CC1CN(S(=O)(=O)c2ccc3ccccc3c2)C1. The highest BCUT2D eigenvalue weighted by Crippen LogP contribution is 2.28. The molecule has 0 spiro atoms. The van der Waals surface area contributed by atoms with Crippen LogP contribution in [0.15, 0.2) is 47.4 Å². The van der Waals surface area contributed by atoms with Crippen molar-refractivity contribution in [2.75, 3.05) is 13.1 Å². The number of fused-ring (bicyclic) bond motifs is 1. The molecular weight excluding hydrogens is 290 g/mol. The molecule has 3 rings (SSSR count). The van der Waals surface area contributed by atoms with Crippen LogP contribution in [0.25, 0.3) is 10.8 Å². The number of sulfonamides is 1. The number of rotatable bonds is 4. The van der Waals surface area contributed by atoms with Crippen LogP contribution in [0.5, 0.6) is 0 Å². The van der Waals surface area contributed by atoms with E-state index in [9.17, 15) is 13.2 Å². The van der Waals surface area contributed by atoms with Gasteiger partial charge >= 0.3 is 5.97 Å². The second kappa shape index (κ2) is 5.13. The molecule has 0 aliphatic carbocycles. The fourth-order valence-corrected chi connectivity index (χ4v) is 4.20. The maximum absolute atomic E-state index is 12.5. The van der Waals surface area contributed by atoms with Crippen molar-refractivity contribution >= 4 is 26.8 Å². The molecule has 5 nitrogen and oxygen atoms in total. The summed E-state index contributed by atoms with van der Waals surface area (Å²) in [5, 5.41) is 10.6. The van der Waals surface area contributed by atoms with E-state index in [1.165, 1.54) is 4.31 Å². The number of aliphatic carboxylic acids is 1. The Morgan fingerprint density at radius 3 is 2.48 bits per heavy atom. The summed E-state index contributed by atoms with van der Waals surface area (Å²) in [6.45, 7) is 0.558. The van der Waals surface area contributed by atoms with E-state index >= 15 is 0 Å². The van der Waals surface area contributed by atoms with Gasteiger partial charge in [-0.2, -0.15) is 4.31 Å². The number of carboxylic acids is 1. The first-order chi connectivity index (χ1) is 9.96. The summed E-state index contributed by atoms with van der Waals surface area (Å²) in [6, 6.07) is 12.6. The molecule has 2 aromatic rings. The molecule has 1 aliphatic heterocycles. The predicted octanol–water partition coefficient (Wildman–Crippen LogP) is 1.93. The molecule has 2 aromatic carbocycles. The number of benzene rings is 2. The lowest BCUT2D eigenvalue weighted by molar-refractivity contribution is -0.139. The first-order valence-corrected chi connectivity index (χ1v) is 8.11. The Kier molecular flexibility index (Phi) is 3.43. The second-order valence-electron chi connectivity index (χ2n) is 5.29. The maximum Gasteiger partial charge on any atom is 0.303 e. The van der Waals surface area contributed by atoms with Gasteiger partial charge in [-0.1, -0.05) is 30.3 Å². The minimum absolute atomic E-state index is 0.0176. The molecule has 1 fully saturated rings. The van der Waals surface area contributed by atoms with Crippen molar-refractivity contribution in [2.45, 2.75) is 11.3 Å². The van der Waals surface area contributed by atoms with Crippen molar-refractivity contribution in [1.82, 2.24) is 4.31 Å². The molecule has 0 unspecified atom stereocenters. The lowest BCUT2D eigenvalue weighted by atomic mass is 10.00. The largest absolute Gasteiger partial charge is 0.481 e. The molecule has 1 saturated heterocycles. The quantitative estimate of drug-likeness (QED) is 0.936. The van der Waals surface area contributed by atoms with Gasteiger partial charge < -0.3 is 5.11 Å². The van der Waals surface area contributed by atoms with Crippen LogP contribution in [0, 0.1) is 5.92 Å². The van der Waals surface area contributed by atoms with Crippen LogP contribution in [0.3, 0.4) is 0 Å². The third kappa shape index (κ3) is 2.64. The summed E-state index contributed by atoms with van der Waals surface area (Å²) in [6.07, 6.45) is 0.0176. The van der Waals surface area contributed by atoms with Gasteiger partial charge in [-0.3, -0.25) is 4.79 Å². The average Bonchev–Trinajstić information content (AvgIpc) is 2.41. The summed E-state index contributed by atoms with van der Waals surface area (Å²) >= 11 is 0. The van der Waals surface area contributed by atoms with Crippen LogP contribution in [0.4, 0.5) is 0 Å². The summed E-state index contributed by atoms with van der Waals surface area (Å²) < 4.78 is 26.3. The second-order valence-corrected chi connectivity index (χ2v) is 7.23. The van der Waals surface area contributed by atoms with Crippen molar-refractivity contribution in [2.24, 2.45) is 5.92 Å². The van der Waals surface area contributed by atoms with Crippen LogP contribution in [0.1, 0.15) is 6.42 Å². The minimum atomic E-state index is -3.52. The number of hydrogen-bond donors (Lipinski definition) is 1. The van der Waals surface area contributed by atoms with Gasteiger partial charge in [0.25, 0.3) is 0 Å². The first kappa shape index (κ1) is 14.0. The van der Waals surface area contributed by atoms with Crippen LogP contribution in [-0.4, -0.2) is 36.9 Å². The third-order valence-electron chi connectivity index (χ3n) is 3.75. The fraction of sp³-hybridized carbons (Fsp3) is 0.267.